The number of carbonyl (C=O) groups excluding carboxylic acids is 1. The highest BCUT2D eigenvalue weighted by atomic mass is 35.5. The lowest BCUT2D eigenvalue weighted by molar-refractivity contribution is -0.384. The number of allylic oxidation sites excluding steroid dienone is 1. The van der Waals surface area contributed by atoms with Crippen LogP contribution in [0.2, 0.25) is 5.02 Å². The summed E-state index contributed by atoms with van der Waals surface area (Å²) in [6.45, 7) is 9.58. The number of nitro benzene ring substituents is 1. The molecule has 19 heteroatoms. The number of carbonyl (C=O) groups is 1. The van der Waals surface area contributed by atoms with E-state index in [0.717, 1.165) is 56.7 Å². The molecule has 2 aromatic heterocycles. The van der Waals surface area contributed by atoms with E-state index in [0.29, 0.717) is 43.3 Å². The molecule has 9 rings (SSSR count). The number of rotatable bonds is 12. The number of aromatic amines is 1. The third-order valence-electron chi connectivity index (χ3n) is 13.2. The van der Waals surface area contributed by atoms with E-state index in [1.807, 2.05) is 12.1 Å². The Labute approximate surface area is 392 Å². The molecule has 5 aromatic rings. The summed E-state index contributed by atoms with van der Waals surface area (Å²) < 4.78 is 72.8. The summed E-state index contributed by atoms with van der Waals surface area (Å²) >= 11 is 6.26. The average molecular weight is 960 g/mol. The van der Waals surface area contributed by atoms with Crippen LogP contribution in [0.3, 0.4) is 0 Å². The molecule has 3 N–H and O–H groups in total. The van der Waals surface area contributed by atoms with Crippen LogP contribution in [0.15, 0.2) is 89.5 Å². The van der Waals surface area contributed by atoms with Crippen molar-refractivity contribution in [3.8, 4) is 0 Å². The first-order chi connectivity index (χ1) is 32.0. The summed E-state index contributed by atoms with van der Waals surface area (Å²) in [6, 6.07) is 19.7. The molecule has 0 spiro atoms. The fourth-order valence-electron chi connectivity index (χ4n) is 9.52. The van der Waals surface area contributed by atoms with Crippen molar-refractivity contribution in [3.05, 3.63) is 117 Å². The van der Waals surface area contributed by atoms with Crippen LogP contribution in [0.1, 0.15) is 67.6 Å². The monoisotopic (exact) mass is 958 g/mol. The number of pyridine rings is 1. The number of hydrogen-bond acceptors (Lipinski definition) is 12. The number of amides is 1. The molecule has 4 aliphatic rings. The summed E-state index contributed by atoms with van der Waals surface area (Å²) in [7, 11) is -4.71. The van der Waals surface area contributed by atoms with Crippen molar-refractivity contribution in [2.45, 2.75) is 62.9 Å². The number of alkyl halides is 2. The first-order valence-electron chi connectivity index (χ1n) is 22.5. The van der Waals surface area contributed by atoms with Gasteiger partial charge in [-0.25, -0.2) is 18.1 Å². The second kappa shape index (κ2) is 18.8. The molecule has 67 heavy (non-hydrogen) atoms. The van der Waals surface area contributed by atoms with Crippen LogP contribution >= 0.6 is 11.6 Å². The van der Waals surface area contributed by atoms with Gasteiger partial charge in [0.05, 0.1) is 52.7 Å². The minimum atomic E-state index is -4.71. The zero-order valence-corrected chi connectivity index (χ0v) is 38.9. The number of H-pyrrole nitrogens is 1. The molecule has 354 valence electrons. The van der Waals surface area contributed by atoms with Crippen molar-refractivity contribution in [2.24, 2.45) is 5.41 Å². The van der Waals surface area contributed by atoms with E-state index in [4.69, 9.17) is 21.1 Å². The number of aromatic nitrogens is 2. The first-order valence-corrected chi connectivity index (χ1v) is 24.4. The van der Waals surface area contributed by atoms with E-state index >= 15 is 8.78 Å². The van der Waals surface area contributed by atoms with Crippen LogP contribution < -0.4 is 19.8 Å². The molecule has 0 radical (unpaired) electrons. The first kappa shape index (κ1) is 46.5. The predicted octanol–water partition coefficient (Wildman–Crippen LogP) is 8.88. The van der Waals surface area contributed by atoms with Crippen molar-refractivity contribution in [2.75, 3.05) is 80.8 Å². The Morgan fingerprint density at radius 2 is 1.78 bits per heavy atom. The molecule has 3 aliphatic heterocycles. The molecule has 2 fully saturated rings. The highest BCUT2D eigenvalue weighted by Crippen LogP contribution is 2.46. The molecule has 3 aromatic carbocycles. The van der Waals surface area contributed by atoms with Crippen LogP contribution in [0.25, 0.3) is 16.6 Å². The Balaban J connectivity index is 1.01. The fourth-order valence-corrected chi connectivity index (χ4v) is 10.6. The smallest absolute Gasteiger partial charge is 0.293 e. The zero-order chi connectivity index (χ0) is 47.1. The maximum absolute atomic E-state index is 15.9. The van der Waals surface area contributed by atoms with Gasteiger partial charge in [0.15, 0.2) is 0 Å². The lowest BCUT2D eigenvalue weighted by Gasteiger charge is -2.39. The molecule has 5 heterocycles. The summed E-state index contributed by atoms with van der Waals surface area (Å²) in [5.41, 5.74) is 4.47. The van der Waals surface area contributed by atoms with Gasteiger partial charge in [0, 0.05) is 80.6 Å². The second-order valence-corrected chi connectivity index (χ2v) is 20.6. The van der Waals surface area contributed by atoms with Gasteiger partial charge in [-0.2, -0.15) is 8.78 Å². The average Bonchev–Trinajstić information content (AvgIpc) is 3.73. The maximum Gasteiger partial charge on any atom is 0.293 e. The Kier molecular flexibility index (Phi) is 13.0. The van der Waals surface area contributed by atoms with Gasteiger partial charge in [0.1, 0.15) is 17.0 Å². The standard InChI is InChI=1S/C48H53ClF2N8O7S/c1-47(2)15-12-33(39(27-47)31-4-6-34(49)7-5-31)29-56-18-20-57(21-19-56)35-8-10-38(41(25-35)58-17-3-14-48(50,51)44-43(58)24-32-13-16-52-45(32)54-44)46(60)55-67(63,64)37-9-11-40(42(26-37)59(61)62)53-28-36-30-65-22-23-66-36/h4-11,13,16,24-26,36,53H,3,12,14-15,17-23,27-30H2,1-2H3,(H,52,54)(H,55,60)/t36-/m0/s1. The van der Waals surface area contributed by atoms with Crippen molar-refractivity contribution in [3.63, 3.8) is 0 Å². The lowest BCUT2D eigenvalue weighted by Crippen LogP contribution is -2.47. The van der Waals surface area contributed by atoms with Crippen LogP contribution in [0, 0.1) is 15.5 Å². The summed E-state index contributed by atoms with van der Waals surface area (Å²) in [4.78, 5) is 38.9. The zero-order valence-electron chi connectivity index (χ0n) is 37.3. The third-order valence-corrected chi connectivity index (χ3v) is 14.8. The van der Waals surface area contributed by atoms with Crippen LogP contribution in [0.5, 0.6) is 0 Å². The molecule has 0 bridgehead atoms. The number of nitro groups is 1. The van der Waals surface area contributed by atoms with Gasteiger partial charge in [0.25, 0.3) is 27.5 Å². The number of ether oxygens (including phenoxy) is 2. The number of nitrogens with one attached hydrogen (secondary N) is 3. The molecule has 15 nitrogen and oxygen atoms in total. The molecule has 1 amide bonds. The van der Waals surface area contributed by atoms with Crippen molar-refractivity contribution in [1.82, 2.24) is 19.6 Å². The Bertz CT molecular complexity index is 2830. The largest absolute Gasteiger partial charge is 0.377 e. The van der Waals surface area contributed by atoms with Gasteiger partial charge in [-0.05, 0) is 96.8 Å². The van der Waals surface area contributed by atoms with Gasteiger partial charge in [-0.3, -0.25) is 19.8 Å². The Morgan fingerprint density at radius 1 is 0.985 bits per heavy atom. The van der Waals surface area contributed by atoms with Gasteiger partial charge in [0.2, 0.25) is 0 Å². The topological polar surface area (TPSA) is 175 Å². The van der Waals surface area contributed by atoms with Gasteiger partial charge >= 0.3 is 0 Å². The number of piperazine rings is 1. The van der Waals surface area contributed by atoms with Crippen molar-refractivity contribution in [1.29, 1.82) is 0 Å². The van der Waals surface area contributed by atoms with Crippen molar-refractivity contribution < 1.29 is 36.4 Å². The number of sulfonamides is 1. The third kappa shape index (κ3) is 10.1. The number of fused-ring (bicyclic) bond motifs is 2. The molecular weight excluding hydrogens is 906 g/mol. The molecule has 1 atom stereocenters. The summed E-state index contributed by atoms with van der Waals surface area (Å²) in [6.07, 6.45) is 3.86. The van der Waals surface area contributed by atoms with E-state index in [2.05, 4.69) is 55.8 Å². The SMILES string of the molecule is CC1(C)CCC(CN2CCN(c3ccc(C(=O)NS(=O)(=O)c4ccc(NC[C@H]5COCCO5)c([N+](=O)[O-])c4)c(N4CCCC(F)(F)c5nc6[nH]ccc6cc54)c3)CC2)=C(c2ccc(Cl)cc2)C1. The van der Waals surface area contributed by atoms with Crippen LogP contribution in [-0.2, 0) is 25.4 Å². The van der Waals surface area contributed by atoms with E-state index in [1.165, 1.54) is 28.8 Å². The number of hydrogen-bond donors (Lipinski definition) is 3. The van der Waals surface area contributed by atoms with Gasteiger partial charge in [-0.15, -0.1) is 0 Å². The van der Waals surface area contributed by atoms with Crippen LogP contribution in [-0.4, -0.2) is 106 Å². The second-order valence-electron chi connectivity index (χ2n) is 18.4. The fraction of sp³-hybridized carbons (Fsp3) is 0.417. The van der Waals surface area contributed by atoms with E-state index < -0.39 is 49.5 Å². The quantitative estimate of drug-likeness (QED) is 0.0802. The number of anilines is 4. The highest BCUT2D eigenvalue weighted by molar-refractivity contribution is 7.90. The summed E-state index contributed by atoms with van der Waals surface area (Å²) in [5, 5.41) is 16.4. The van der Waals surface area contributed by atoms with E-state index in [9.17, 15) is 23.3 Å². The van der Waals surface area contributed by atoms with Crippen molar-refractivity contribution >= 4 is 72.6 Å². The maximum atomic E-state index is 15.9. The molecular formula is C48H53ClF2N8O7S. The predicted molar refractivity (Wildman–Crippen MR) is 254 cm³/mol. The summed E-state index contributed by atoms with van der Waals surface area (Å²) in [5.74, 6) is -4.34. The Hall–Kier alpha value is -5.66. The lowest BCUT2D eigenvalue weighted by atomic mass is 9.72. The number of benzene rings is 3. The highest BCUT2D eigenvalue weighted by Gasteiger charge is 2.41. The minimum Gasteiger partial charge on any atom is -0.377 e. The van der Waals surface area contributed by atoms with E-state index in [-0.39, 0.29) is 59.3 Å². The Morgan fingerprint density at radius 3 is 2.52 bits per heavy atom. The minimum absolute atomic E-state index is 0.0363. The number of halogens is 3. The molecule has 1 aliphatic carbocycles. The molecule has 0 unspecified atom stereocenters. The van der Waals surface area contributed by atoms with Crippen LogP contribution in [0.4, 0.5) is 37.2 Å². The van der Waals surface area contributed by atoms with Gasteiger partial charge in [-0.1, -0.05) is 43.2 Å². The number of nitrogens with zero attached hydrogens (tertiary/aromatic N) is 5. The van der Waals surface area contributed by atoms with Gasteiger partial charge < -0.3 is 29.6 Å². The normalized spacial score (nSPS) is 20.0. The molecule has 0 saturated carbocycles. The molecule has 2 saturated heterocycles. The van der Waals surface area contributed by atoms with E-state index in [1.54, 1.807) is 35.4 Å².